The summed E-state index contributed by atoms with van der Waals surface area (Å²) >= 11 is 0. The Bertz CT molecular complexity index is 1480. The Labute approximate surface area is 183 Å². The molecule has 8 nitrogen and oxygen atoms in total. The van der Waals surface area contributed by atoms with Crippen molar-refractivity contribution < 1.29 is 4.74 Å². The Kier molecular flexibility index (Phi) is 4.50. The molecule has 0 radical (unpaired) electrons. The average Bonchev–Trinajstić information content (AvgIpc) is 3.45. The van der Waals surface area contributed by atoms with E-state index in [2.05, 4.69) is 43.9 Å². The van der Waals surface area contributed by atoms with E-state index in [-0.39, 0.29) is 5.56 Å². The van der Waals surface area contributed by atoms with E-state index in [1.807, 2.05) is 30.3 Å². The van der Waals surface area contributed by atoms with Crippen molar-refractivity contribution in [3.8, 4) is 0 Å². The molecular weight excluding hydrogens is 404 g/mol. The molecule has 8 heteroatoms. The number of pyridine rings is 1. The third kappa shape index (κ3) is 3.65. The minimum atomic E-state index is -0.117. The van der Waals surface area contributed by atoms with Crippen LogP contribution in [0.15, 0.2) is 59.4 Å². The first-order chi connectivity index (χ1) is 15.7. The van der Waals surface area contributed by atoms with Gasteiger partial charge in [-0.15, -0.1) is 0 Å². The topological polar surface area (TPSA) is 111 Å². The normalized spacial score (nSPS) is 13.8. The number of anilines is 2. The molecule has 4 N–H and O–H groups in total. The Balaban J connectivity index is 1.21. The third-order valence-electron chi connectivity index (χ3n) is 5.81. The quantitative estimate of drug-likeness (QED) is 0.307. The van der Waals surface area contributed by atoms with Crippen LogP contribution in [0.1, 0.15) is 35.7 Å². The smallest absolute Gasteiger partial charge is 0.271 e. The molecule has 1 saturated carbocycles. The third-order valence-corrected chi connectivity index (χ3v) is 5.81. The van der Waals surface area contributed by atoms with E-state index in [0.29, 0.717) is 24.5 Å². The average molecular weight is 426 g/mol. The minimum Gasteiger partial charge on any atom is -0.370 e. The monoisotopic (exact) mass is 426 g/mol. The number of rotatable bonds is 7. The summed E-state index contributed by atoms with van der Waals surface area (Å²) in [6.07, 6.45) is 2.45. The van der Waals surface area contributed by atoms with Crippen molar-refractivity contribution in [2.75, 3.05) is 5.32 Å². The number of ether oxygens (including phenoxy) is 1. The van der Waals surface area contributed by atoms with Crippen LogP contribution in [0, 0.1) is 0 Å². The van der Waals surface area contributed by atoms with Crippen molar-refractivity contribution >= 4 is 33.3 Å². The van der Waals surface area contributed by atoms with Crippen LogP contribution < -0.4 is 10.9 Å². The fourth-order valence-corrected chi connectivity index (χ4v) is 4.00. The predicted molar refractivity (Wildman–Crippen MR) is 123 cm³/mol. The van der Waals surface area contributed by atoms with Crippen molar-refractivity contribution in [3.05, 3.63) is 81.9 Å². The maximum atomic E-state index is 11.7. The highest BCUT2D eigenvalue weighted by Crippen LogP contribution is 2.39. The molecule has 0 saturated heterocycles. The largest absolute Gasteiger partial charge is 0.370 e. The molecule has 160 valence electrons. The van der Waals surface area contributed by atoms with Gasteiger partial charge < -0.3 is 10.1 Å². The summed E-state index contributed by atoms with van der Waals surface area (Å²) in [4.78, 5) is 16.5. The van der Waals surface area contributed by atoms with Gasteiger partial charge in [0.1, 0.15) is 5.82 Å². The van der Waals surface area contributed by atoms with Crippen molar-refractivity contribution in [2.24, 2.45) is 0 Å². The number of nitrogens with one attached hydrogen (secondary N) is 4. The molecule has 6 rings (SSSR count). The Morgan fingerprint density at radius 2 is 1.91 bits per heavy atom. The summed E-state index contributed by atoms with van der Waals surface area (Å²) < 4.78 is 5.95. The first-order valence-electron chi connectivity index (χ1n) is 10.7. The van der Waals surface area contributed by atoms with Crippen molar-refractivity contribution in [1.29, 1.82) is 0 Å². The second kappa shape index (κ2) is 7.65. The van der Waals surface area contributed by atoms with Gasteiger partial charge in [-0.3, -0.25) is 20.1 Å². The molecule has 3 aromatic heterocycles. The van der Waals surface area contributed by atoms with Gasteiger partial charge in [0.05, 0.1) is 29.8 Å². The lowest BCUT2D eigenvalue weighted by molar-refractivity contribution is 0.105. The molecule has 1 aliphatic carbocycles. The van der Waals surface area contributed by atoms with Crippen LogP contribution in [-0.2, 0) is 18.0 Å². The number of hydrogen-bond donors (Lipinski definition) is 4. The zero-order chi connectivity index (χ0) is 21.5. The summed E-state index contributed by atoms with van der Waals surface area (Å²) in [6, 6.07) is 17.9. The molecule has 0 unspecified atom stereocenters. The molecule has 2 aromatic carbocycles. The minimum absolute atomic E-state index is 0.117. The second-order valence-electron chi connectivity index (χ2n) is 8.24. The highest BCUT2D eigenvalue weighted by atomic mass is 16.5. The van der Waals surface area contributed by atoms with Crippen LogP contribution in [-0.4, -0.2) is 25.4 Å². The van der Waals surface area contributed by atoms with Gasteiger partial charge >= 0.3 is 0 Å². The predicted octanol–water partition coefficient (Wildman–Crippen LogP) is 4.47. The van der Waals surface area contributed by atoms with E-state index in [0.717, 1.165) is 39.2 Å². The maximum absolute atomic E-state index is 11.7. The van der Waals surface area contributed by atoms with E-state index in [4.69, 9.17) is 9.72 Å². The SMILES string of the molecule is O=c1[nH][nH]c2cc(COCc3cc4ccccc4c(Nc4cc(C5CC5)[nH]n4)n3)ccc12. The summed E-state index contributed by atoms with van der Waals surface area (Å²) in [5.74, 6) is 2.16. The van der Waals surface area contributed by atoms with Crippen LogP contribution in [0.3, 0.4) is 0 Å². The van der Waals surface area contributed by atoms with Gasteiger partial charge in [0.2, 0.25) is 0 Å². The number of fused-ring (bicyclic) bond motifs is 2. The van der Waals surface area contributed by atoms with Crippen LogP contribution >= 0.6 is 0 Å². The van der Waals surface area contributed by atoms with E-state index < -0.39 is 0 Å². The number of aromatic amines is 3. The summed E-state index contributed by atoms with van der Waals surface area (Å²) in [6.45, 7) is 0.791. The van der Waals surface area contributed by atoms with Crippen molar-refractivity contribution in [2.45, 2.75) is 32.0 Å². The molecule has 1 fully saturated rings. The van der Waals surface area contributed by atoms with Gasteiger partial charge in [-0.05, 0) is 42.0 Å². The zero-order valence-electron chi connectivity index (χ0n) is 17.3. The van der Waals surface area contributed by atoms with Gasteiger partial charge in [-0.2, -0.15) is 5.10 Å². The van der Waals surface area contributed by atoms with Crippen molar-refractivity contribution in [3.63, 3.8) is 0 Å². The van der Waals surface area contributed by atoms with Gasteiger partial charge in [0, 0.05) is 23.1 Å². The van der Waals surface area contributed by atoms with Crippen LogP contribution in [0.5, 0.6) is 0 Å². The van der Waals surface area contributed by atoms with Crippen LogP contribution in [0.4, 0.5) is 11.6 Å². The fourth-order valence-electron chi connectivity index (χ4n) is 4.00. The molecular formula is C24H22N6O2. The highest BCUT2D eigenvalue weighted by Gasteiger charge is 2.25. The summed E-state index contributed by atoms with van der Waals surface area (Å²) in [5, 5.41) is 19.1. The van der Waals surface area contributed by atoms with E-state index in [1.165, 1.54) is 18.5 Å². The molecule has 1 aliphatic rings. The maximum Gasteiger partial charge on any atom is 0.271 e. The van der Waals surface area contributed by atoms with Crippen molar-refractivity contribution in [1.82, 2.24) is 25.4 Å². The molecule has 32 heavy (non-hydrogen) atoms. The Morgan fingerprint density at radius 3 is 2.81 bits per heavy atom. The Hall–Kier alpha value is -3.91. The molecule has 3 heterocycles. The molecule has 0 bridgehead atoms. The number of aromatic nitrogens is 5. The lowest BCUT2D eigenvalue weighted by atomic mass is 10.1. The fraction of sp³-hybridized carbons (Fsp3) is 0.208. The number of H-pyrrole nitrogens is 3. The first-order valence-corrected chi connectivity index (χ1v) is 10.7. The molecule has 5 aromatic rings. The van der Waals surface area contributed by atoms with Gasteiger partial charge in [-0.1, -0.05) is 30.3 Å². The van der Waals surface area contributed by atoms with E-state index in [1.54, 1.807) is 6.07 Å². The standard InChI is InChI=1S/C24H22N6O2/c31-24-19-8-5-14(9-21(19)28-30-24)12-32-13-17-10-16-3-1-2-4-18(16)23(25-17)26-22-11-20(27-29-22)15-6-7-15/h1-5,8-11,15H,6-7,12-13H2,(H2,28,30,31)(H2,25,26,27,29). The molecule has 0 atom stereocenters. The summed E-state index contributed by atoms with van der Waals surface area (Å²) in [7, 11) is 0. The first kappa shape index (κ1) is 18.8. The number of benzene rings is 2. The highest BCUT2D eigenvalue weighted by molar-refractivity contribution is 5.93. The van der Waals surface area contributed by atoms with Crippen LogP contribution in [0.2, 0.25) is 0 Å². The Morgan fingerprint density at radius 1 is 1.00 bits per heavy atom. The summed E-state index contributed by atoms with van der Waals surface area (Å²) in [5.41, 5.74) is 3.65. The molecule has 0 spiro atoms. The lowest BCUT2D eigenvalue weighted by Gasteiger charge is -2.11. The molecule has 0 aliphatic heterocycles. The van der Waals surface area contributed by atoms with Crippen LogP contribution in [0.25, 0.3) is 21.7 Å². The van der Waals surface area contributed by atoms with Gasteiger partial charge in [-0.25, -0.2) is 4.98 Å². The van der Waals surface area contributed by atoms with Gasteiger partial charge in [0.15, 0.2) is 5.82 Å². The zero-order valence-corrected chi connectivity index (χ0v) is 17.3. The van der Waals surface area contributed by atoms with E-state index >= 15 is 0 Å². The van der Waals surface area contributed by atoms with E-state index in [9.17, 15) is 4.79 Å². The van der Waals surface area contributed by atoms with Gasteiger partial charge in [0.25, 0.3) is 5.56 Å². The lowest BCUT2D eigenvalue weighted by Crippen LogP contribution is -2.02. The number of nitrogens with zero attached hydrogens (tertiary/aromatic N) is 2. The second-order valence-corrected chi connectivity index (χ2v) is 8.24. The molecule has 0 amide bonds. The number of hydrogen-bond acceptors (Lipinski definition) is 5.